The third-order valence-electron chi connectivity index (χ3n) is 4.05. The van der Waals surface area contributed by atoms with Crippen molar-refractivity contribution in [2.75, 3.05) is 11.9 Å². The smallest absolute Gasteiger partial charge is 0.354 e. The van der Waals surface area contributed by atoms with E-state index in [0.717, 1.165) is 18.7 Å². The summed E-state index contributed by atoms with van der Waals surface area (Å²) in [6, 6.07) is 1.39. The van der Waals surface area contributed by atoms with Crippen molar-refractivity contribution in [1.29, 1.82) is 0 Å². The van der Waals surface area contributed by atoms with Gasteiger partial charge in [0.25, 0.3) is 0 Å². The minimum atomic E-state index is -1.05. The number of hydrogen-bond donors (Lipinski definition) is 1. The Morgan fingerprint density at radius 1 is 1.36 bits per heavy atom. The fourth-order valence-electron chi connectivity index (χ4n) is 2.82. The Kier molecular flexibility index (Phi) is 3.79. The maximum absolute atomic E-state index is 11.0. The second-order valence-electron chi connectivity index (χ2n) is 5.59. The summed E-state index contributed by atoms with van der Waals surface area (Å²) in [4.78, 5) is 25.7. The summed E-state index contributed by atoms with van der Waals surface area (Å²) in [6.45, 7) is 0.548. The summed E-state index contributed by atoms with van der Waals surface area (Å²) in [6.07, 6.45) is 5.99. The Balaban J connectivity index is 1.82. The second kappa shape index (κ2) is 5.75. The molecule has 22 heavy (non-hydrogen) atoms. The number of aromatic nitrogens is 4. The van der Waals surface area contributed by atoms with E-state index in [9.17, 15) is 4.79 Å². The monoisotopic (exact) mass is 301 g/mol. The van der Waals surface area contributed by atoms with Crippen LogP contribution in [0, 0.1) is 0 Å². The van der Waals surface area contributed by atoms with Gasteiger partial charge in [0.15, 0.2) is 5.69 Å². The summed E-state index contributed by atoms with van der Waals surface area (Å²) in [5, 5.41) is 9.01. The van der Waals surface area contributed by atoms with Gasteiger partial charge in [0.2, 0.25) is 5.95 Å². The molecule has 1 aliphatic carbocycles. The lowest BCUT2D eigenvalue weighted by atomic mass is 10.0. The van der Waals surface area contributed by atoms with Gasteiger partial charge in [-0.3, -0.25) is 0 Å². The van der Waals surface area contributed by atoms with Crippen LogP contribution in [0.5, 0.6) is 0 Å². The summed E-state index contributed by atoms with van der Waals surface area (Å²) in [5.74, 6) is 0.295. The molecule has 2 aromatic rings. The third kappa shape index (κ3) is 2.66. The molecular formula is C15H19N5O2. The fourth-order valence-corrected chi connectivity index (χ4v) is 2.82. The highest BCUT2D eigenvalue weighted by Gasteiger charge is 2.19. The Morgan fingerprint density at radius 2 is 2.14 bits per heavy atom. The topological polar surface area (TPSA) is 84.1 Å². The highest BCUT2D eigenvalue weighted by atomic mass is 16.4. The third-order valence-corrected chi connectivity index (χ3v) is 4.05. The maximum atomic E-state index is 11.0. The Bertz CT molecular complexity index is 710. The first-order valence-electron chi connectivity index (χ1n) is 7.37. The van der Waals surface area contributed by atoms with Crippen LogP contribution in [0.3, 0.4) is 0 Å². The average molecular weight is 301 g/mol. The first-order valence-corrected chi connectivity index (χ1v) is 7.37. The van der Waals surface area contributed by atoms with Crippen LogP contribution in [0.2, 0.25) is 0 Å². The fraction of sp³-hybridized carbons (Fsp3) is 0.467. The molecule has 0 atom stereocenters. The molecule has 2 heterocycles. The SMILES string of the molecule is CN(Cc1nc2c(n1C)CCCC2)c1nccc(C(=O)O)n1. The number of carboxylic acids is 1. The molecule has 7 heteroatoms. The van der Waals surface area contributed by atoms with E-state index in [0.29, 0.717) is 12.5 Å². The van der Waals surface area contributed by atoms with E-state index >= 15 is 0 Å². The summed E-state index contributed by atoms with van der Waals surface area (Å²) >= 11 is 0. The lowest BCUT2D eigenvalue weighted by Crippen LogP contribution is -2.22. The molecule has 1 aliphatic rings. The van der Waals surface area contributed by atoms with Crippen molar-refractivity contribution in [3.05, 3.63) is 35.2 Å². The summed E-state index contributed by atoms with van der Waals surface area (Å²) in [5.41, 5.74) is 2.50. The zero-order valence-electron chi connectivity index (χ0n) is 12.8. The first-order chi connectivity index (χ1) is 10.6. The molecule has 0 saturated carbocycles. The second-order valence-corrected chi connectivity index (χ2v) is 5.59. The number of hydrogen-bond acceptors (Lipinski definition) is 5. The van der Waals surface area contributed by atoms with E-state index in [1.165, 1.54) is 36.5 Å². The number of imidazole rings is 1. The number of fused-ring (bicyclic) bond motifs is 1. The van der Waals surface area contributed by atoms with Crippen LogP contribution in [-0.2, 0) is 26.4 Å². The van der Waals surface area contributed by atoms with Crippen LogP contribution in [0.15, 0.2) is 12.3 Å². The van der Waals surface area contributed by atoms with Gasteiger partial charge in [0.1, 0.15) is 5.82 Å². The van der Waals surface area contributed by atoms with Crippen LogP contribution in [0.1, 0.15) is 40.5 Å². The van der Waals surface area contributed by atoms with Crippen LogP contribution < -0.4 is 4.90 Å². The normalized spacial score (nSPS) is 13.7. The number of aryl methyl sites for hydroxylation is 1. The lowest BCUT2D eigenvalue weighted by Gasteiger charge is -2.17. The molecule has 0 spiro atoms. The molecule has 0 radical (unpaired) electrons. The Labute approximate surface area is 128 Å². The predicted octanol–water partition coefficient (Wildman–Crippen LogP) is 1.42. The summed E-state index contributed by atoms with van der Waals surface area (Å²) < 4.78 is 2.14. The molecule has 0 saturated heterocycles. The van der Waals surface area contributed by atoms with Crippen LogP contribution in [0.4, 0.5) is 5.95 Å². The molecule has 0 amide bonds. The molecule has 0 fully saturated rings. The highest BCUT2D eigenvalue weighted by Crippen LogP contribution is 2.22. The van der Waals surface area contributed by atoms with E-state index in [1.54, 1.807) is 0 Å². The predicted molar refractivity (Wildman–Crippen MR) is 80.9 cm³/mol. The van der Waals surface area contributed by atoms with Crippen LogP contribution in [-0.4, -0.2) is 37.6 Å². The number of carbonyl (C=O) groups is 1. The number of anilines is 1. The maximum Gasteiger partial charge on any atom is 0.354 e. The molecular weight excluding hydrogens is 282 g/mol. The van der Waals surface area contributed by atoms with Crippen molar-refractivity contribution < 1.29 is 9.90 Å². The molecule has 0 bridgehead atoms. The molecule has 0 aliphatic heterocycles. The molecule has 1 N–H and O–H groups in total. The van der Waals surface area contributed by atoms with E-state index in [-0.39, 0.29) is 5.69 Å². The zero-order chi connectivity index (χ0) is 15.7. The van der Waals surface area contributed by atoms with Crippen molar-refractivity contribution in [3.63, 3.8) is 0 Å². The van der Waals surface area contributed by atoms with Gasteiger partial charge >= 0.3 is 5.97 Å². The number of aromatic carboxylic acids is 1. The quantitative estimate of drug-likeness (QED) is 0.919. The average Bonchev–Trinajstić information content (AvgIpc) is 2.84. The molecule has 0 unspecified atom stereocenters. The molecule has 3 rings (SSSR count). The minimum Gasteiger partial charge on any atom is -0.477 e. The van der Waals surface area contributed by atoms with Gasteiger partial charge < -0.3 is 14.6 Å². The van der Waals surface area contributed by atoms with Crippen molar-refractivity contribution in [1.82, 2.24) is 19.5 Å². The minimum absolute atomic E-state index is 0.00372. The van der Waals surface area contributed by atoms with Gasteiger partial charge in [-0.25, -0.2) is 19.7 Å². The van der Waals surface area contributed by atoms with Gasteiger partial charge in [-0.1, -0.05) is 0 Å². The largest absolute Gasteiger partial charge is 0.477 e. The van der Waals surface area contributed by atoms with Crippen molar-refractivity contribution in [3.8, 4) is 0 Å². The van der Waals surface area contributed by atoms with Crippen molar-refractivity contribution in [2.24, 2.45) is 7.05 Å². The van der Waals surface area contributed by atoms with Crippen molar-refractivity contribution >= 4 is 11.9 Å². The van der Waals surface area contributed by atoms with Crippen molar-refractivity contribution in [2.45, 2.75) is 32.2 Å². The molecule has 116 valence electrons. The Hall–Kier alpha value is -2.44. The van der Waals surface area contributed by atoms with Gasteiger partial charge in [0, 0.05) is 26.0 Å². The van der Waals surface area contributed by atoms with E-state index in [4.69, 9.17) is 10.1 Å². The molecule has 0 aromatic carbocycles. The molecule has 7 nitrogen and oxygen atoms in total. The number of rotatable bonds is 4. The number of nitrogens with zero attached hydrogens (tertiary/aromatic N) is 5. The van der Waals surface area contributed by atoms with E-state index in [1.807, 2.05) is 19.0 Å². The van der Waals surface area contributed by atoms with Gasteiger partial charge in [0.05, 0.1) is 12.2 Å². The lowest BCUT2D eigenvalue weighted by molar-refractivity contribution is 0.0690. The van der Waals surface area contributed by atoms with E-state index in [2.05, 4.69) is 14.5 Å². The number of carboxylic acid groups (broad SMARTS) is 1. The first kappa shape index (κ1) is 14.5. The zero-order valence-corrected chi connectivity index (χ0v) is 12.8. The van der Waals surface area contributed by atoms with Crippen LogP contribution in [0.25, 0.3) is 0 Å². The highest BCUT2D eigenvalue weighted by molar-refractivity contribution is 5.85. The molecule has 2 aromatic heterocycles. The van der Waals surface area contributed by atoms with Gasteiger partial charge in [-0.15, -0.1) is 0 Å². The standard InChI is InChI=1S/C15H19N5O2/c1-19(15-16-8-7-11(18-15)14(21)22)9-13-17-10-5-3-4-6-12(10)20(13)2/h7-8H,3-6,9H2,1-2H3,(H,21,22). The van der Waals surface area contributed by atoms with E-state index < -0.39 is 5.97 Å². The van der Waals surface area contributed by atoms with Crippen LogP contribution >= 0.6 is 0 Å². The Morgan fingerprint density at radius 3 is 2.86 bits per heavy atom. The van der Waals surface area contributed by atoms with Gasteiger partial charge in [-0.05, 0) is 31.7 Å². The van der Waals surface area contributed by atoms with Gasteiger partial charge in [-0.2, -0.15) is 0 Å². The summed E-state index contributed by atoms with van der Waals surface area (Å²) in [7, 11) is 3.88.